The van der Waals surface area contributed by atoms with Crippen molar-refractivity contribution in [1.82, 2.24) is 0 Å². The molecule has 2 aliphatic heterocycles. The van der Waals surface area contributed by atoms with E-state index in [1.165, 1.54) is 0 Å². The highest BCUT2D eigenvalue weighted by atomic mass is 28.6. The van der Waals surface area contributed by atoms with E-state index in [1.54, 1.807) is 0 Å². The minimum atomic E-state index is -4.40. The first kappa shape index (κ1) is 44.2. The van der Waals surface area contributed by atoms with Crippen LogP contribution in [-0.2, 0) is 32.9 Å². The second-order valence-electron chi connectivity index (χ2n) is 16.6. The van der Waals surface area contributed by atoms with E-state index in [9.17, 15) is 19.2 Å². The van der Waals surface area contributed by atoms with Gasteiger partial charge in [0.25, 0.3) is 0 Å². The molecular weight excluding hydrogens is 725 g/mol. The Morgan fingerprint density at radius 2 is 0.979 bits per heavy atom. The molecule has 279 valence electrons. The van der Waals surface area contributed by atoms with Crippen molar-refractivity contribution in [3.05, 3.63) is 0 Å². The summed E-state index contributed by atoms with van der Waals surface area (Å²) in [7, 11) is -27.4. The molecule has 12 nitrogen and oxygen atoms in total. The molecule has 2 rings (SSSR count). The largest absolute Gasteiger partial charge is 0.488 e. The minimum absolute atomic E-state index is 0.0128. The van der Waals surface area contributed by atoms with Crippen LogP contribution in [0.4, 0.5) is 0 Å². The van der Waals surface area contributed by atoms with Crippen molar-refractivity contribution < 1.29 is 52.1 Å². The fourth-order valence-electron chi connectivity index (χ4n) is 6.12. The maximum Gasteiger partial charge on any atom is 0.488 e. The van der Waals surface area contributed by atoms with Crippen molar-refractivity contribution in [3.8, 4) is 0 Å². The van der Waals surface area contributed by atoms with Gasteiger partial charge in [0.05, 0.1) is 0 Å². The Hall–Kier alpha value is 1.04. The van der Waals surface area contributed by atoms with Crippen molar-refractivity contribution in [2.24, 2.45) is 41.4 Å². The molecule has 0 spiro atoms. The molecule has 0 aromatic rings. The molecule has 0 amide bonds. The van der Waals surface area contributed by atoms with E-state index in [0.29, 0.717) is 12.1 Å². The Morgan fingerprint density at radius 1 is 0.511 bits per heavy atom. The smallest absolute Gasteiger partial charge is 0.393 e. The van der Waals surface area contributed by atoms with Gasteiger partial charge in [-0.25, -0.2) is 0 Å². The van der Waals surface area contributed by atoms with Crippen LogP contribution in [0.1, 0.15) is 96.9 Å². The Bertz CT molecular complexity index is 976. The fraction of sp³-hybridized carbons (Fsp3) is 1.00. The second kappa shape index (κ2) is 17.2. The average Bonchev–Trinajstić information content (AvgIpc) is 2.71. The molecule has 2 heterocycles. The van der Waals surface area contributed by atoms with Crippen molar-refractivity contribution in [2.75, 3.05) is 0 Å². The molecule has 0 saturated carbocycles. The molecule has 19 heteroatoms. The lowest BCUT2D eigenvalue weighted by Crippen LogP contribution is -2.78. The van der Waals surface area contributed by atoms with Gasteiger partial charge in [0.2, 0.25) is 0 Å². The number of fused-ring (bicyclic) bond motifs is 2. The predicted octanol–water partition coefficient (Wildman–Crippen LogP) is 5.83. The Balaban J connectivity index is 3.01. The molecule has 2 bridgehead atoms. The molecule has 0 aliphatic carbocycles. The van der Waals surface area contributed by atoms with Gasteiger partial charge < -0.3 is 52.1 Å². The average molecular weight is 792 g/mol. The van der Waals surface area contributed by atoms with Gasteiger partial charge in [-0.15, -0.1) is 0 Å². The summed E-state index contributed by atoms with van der Waals surface area (Å²) in [5, 5.41) is 0. The van der Waals surface area contributed by atoms with Gasteiger partial charge >= 0.3 is 62.1 Å². The van der Waals surface area contributed by atoms with E-state index >= 15 is 0 Å². The monoisotopic (exact) mass is 791 g/mol. The molecule has 0 aromatic carbocycles. The van der Waals surface area contributed by atoms with Gasteiger partial charge in [0, 0.05) is 36.3 Å². The van der Waals surface area contributed by atoms with Crippen molar-refractivity contribution in [2.45, 2.75) is 139 Å². The third-order valence-corrected chi connectivity index (χ3v) is 35.5. The lowest BCUT2D eigenvalue weighted by atomic mass is 10.3. The Labute approximate surface area is 293 Å². The summed E-state index contributed by atoms with van der Waals surface area (Å²) in [6, 6.07) is 1.69. The van der Waals surface area contributed by atoms with Crippen molar-refractivity contribution >= 4 is 62.1 Å². The molecule has 47 heavy (non-hydrogen) atoms. The topological polar surface area (TPSA) is 155 Å². The highest BCUT2D eigenvalue weighted by Crippen LogP contribution is 2.45. The van der Waals surface area contributed by atoms with Crippen molar-refractivity contribution in [3.63, 3.8) is 0 Å². The maximum atomic E-state index is 12.6. The van der Waals surface area contributed by atoms with Crippen LogP contribution in [0.3, 0.4) is 0 Å². The van der Waals surface area contributed by atoms with Gasteiger partial charge in [-0.1, -0.05) is 96.9 Å². The van der Waals surface area contributed by atoms with Crippen LogP contribution in [0.25, 0.3) is 0 Å². The summed E-state index contributed by atoms with van der Waals surface area (Å²) < 4.78 is 55.1. The summed E-state index contributed by atoms with van der Waals surface area (Å²) in [6.45, 7) is 27.8. The Kier molecular flexibility index (Phi) is 16.2. The highest BCUT2D eigenvalue weighted by molar-refractivity contribution is 6.94. The van der Waals surface area contributed by atoms with Gasteiger partial charge in [-0.05, 0) is 47.5 Å². The predicted molar refractivity (Wildman–Crippen MR) is 195 cm³/mol. The van der Waals surface area contributed by atoms with Gasteiger partial charge in [-0.3, -0.25) is 0 Å². The van der Waals surface area contributed by atoms with Crippen LogP contribution in [0, 0.1) is 41.4 Å². The molecule has 2 fully saturated rings. The third kappa shape index (κ3) is 14.5. The van der Waals surface area contributed by atoms with E-state index in [2.05, 4.69) is 13.8 Å². The van der Waals surface area contributed by atoms with Crippen LogP contribution < -0.4 is 0 Å². The third-order valence-electron chi connectivity index (χ3n) is 6.98. The van der Waals surface area contributed by atoms with Crippen molar-refractivity contribution in [1.29, 1.82) is 0 Å². The van der Waals surface area contributed by atoms with Crippen LogP contribution in [0.5, 0.6) is 0 Å². The fourth-order valence-corrected chi connectivity index (χ4v) is 39.2. The second-order valence-corrected chi connectivity index (χ2v) is 35.2. The summed E-state index contributed by atoms with van der Waals surface area (Å²) in [4.78, 5) is 47.7. The normalized spacial score (nSPS) is 33.4. The standard InChI is InChI=1S/C28H67O12Si7/c1-22(2)15-41-33-43(31,17-24(5)6)36-47(21-28(13)14)38-44(32,18-25(7)8)37-46(20-27(11)12,35-42(29,30)16-23(3)4)39-45(34-41,40-47)19-26(9)10/h22-32H,15-21H2,1-14H3. The molecule has 4 N–H and O–H groups in total. The Morgan fingerprint density at radius 3 is 1.45 bits per heavy atom. The molecule has 0 aromatic heterocycles. The van der Waals surface area contributed by atoms with Gasteiger partial charge in [0.1, 0.15) is 0 Å². The zero-order valence-electron chi connectivity index (χ0n) is 31.5. The lowest BCUT2D eigenvalue weighted by molar-refractivity contribution is 0.0377. The lowest BCUT2D eigenvalue weighted by Gasteiger charge is -2.53. The molecule has 1 radical (unpaired) electrons. The molecule has 2 saturated heterocycles. The zero-order valence-corrected chi connectivity index (χ0v) is 38.5. The van der Waals surface area contributed by atoms with E-state index in [0.717, 1.165) is 0 Å². The van der Waals surface area contributed by atoms with E-state index in [4.69, 9.17) is 32.9 Å². The van der Waals surface area contributed by atoms with Crippen LogP contribution in [0.2, 0.25) is 42.3 Å². The van der Waals surface area contributed by atoms with Crippen LogP contribution >= 0.6 is 0 Å². The number of rotatable bonds is 16. The van der Waals surface area contributed by atoms with Crippen LogP contribution in [-0.4, -0.2) is 81.3 Å². The number of hydrogen-bond acceptors (Lipinski definition) is 12. The molecule has 5 atom stereocenters. The summed E-state index contributed by atoms with van der Waals surface area (Å²) in [5.41, 5.74) is 0. The summed E-state index contributed by atoms with van der Waals surface area (Å²) >= 11 is 0. The van der Waals surface area contributed by atoms with E-state index < -0.39 is 62.1 Å². The summed E-state index contributed by atoms with van der Waals surface area (Å²) in [5.74, 6) is -0.0229. The molecule has 5 unspecified atom stereocenters. The first-order valence-corrected chi connectivity index (χ1v) is 30.8. The molecule has 2 aliphatic rings. The number of hydrogen-bond donors (Lipinski definition) is 4. The molecular formula is C28H67O12Si7. The summed E-state index contributed by atoms with van der Waals surface area (Å²) in [6.07, 6.45) is 0. The first-order chi connectivity index (χ1) is 21.2. The SMILES string of the molecule is CC(C)C[Si]1O[Si](O)(CC(C)C)O[Si]2(CC(C)C)O[Si](O)(CC(C)C)O[Si](CC(C)C)(O[Si](O)(O)CC(C)C)O[Si](CC(C)C)(O1)O2. The van der Waals surface area contributed by atoms with E-state index in [1.807, 2.05) is 83.1 Å². The first-order valence-electron chi connectivity index (χ1n) is 17.6. The maximum absolute atomic E-state index is 12.6. The minimum Gasteiger partial charge on any atom is -0.393 e. The van der Waals surface area contributed by atoms with Gasteiger partial charge in [-0.2, -0.15) is 0 Å². The quantitative estimate of drug-likeness (QED) is 0.139. The van der Waals surface area contributed by atoms with E-state index in [-0.39, 0.29) is 71.6 Å². The highest BCUT2D eigenvalue weighted by Gasteiger charge is 2.72. The van der Waals surface area contributed by atoms with Crippen LogP contribution in [0.15, 0.2) is 0 Å². The van der Waals surface area contributed by atoms with Gasteiger partial charge in [0.15, 0.2) is 0 Å². The zero-order chi connectivity index (χ0) is 36.2.